The summed E-state index contributed by atoms with van der Waals surface area (Å²) in [7, 11) is 1.84. The molecule has 0 heterocycles. The summed E-state index contributed by atoms with van der Waals surface area (Å²) in [6.45, 7) is 1.97. The zero-order valence-corrected chi connectivity index (χ0v) is 11.8. The van der Waals surface area contributed by atoms with Gasteiger partial charge in [-0.1, -0.05) is 41.4 Å². The van der Waals surface area contributed by atoms with E-state index in [0.29, 0.717) is 17.0 Å². The highest BCUT2D eigenvalue weighted by atomic mass is 35.5. The van der Waals surface area contributed by atoms with Crippen LogP contribution in [-0.4, -0.2) is 7.05 Å². The Kier molecular flexibility index (Phi) is 4.56. The van der Waals surface area contributed by atoms with E-state index in [9.17, 15) is 4.39 Å². The Morgan fingerprint density at radius 1 is 1.21 bits per heavy atom. The van der Waals surface area contributed by atoms with Gasteiger partial charge in [0, 0.05) is 16.6 Å². The molecule has 0 radical (unpaired) electrons. The molecule has 1 N–H and O–H groups in total. The topological polar surface area (TPSA) is 12.0 Å². The first-order valence-electron chi connectivity index (χ1n) is 6.28. The average Bonchev–Trinajstić information content (AvgIpc) is 2.39. The fourth-order valence-corrected chi connectivity index (χ4v) is 2.41. The van der Waals surface area contributed by atoms with Crippen LogP contribution in [0.1, 0.15) is 22.7 Å². The van der Waals surface area contributed by atoms with Gasteiger partial charge in [-0.2, -0.15) is 0 Å². The third-order valence-corrected chi connectivity index (χ3v) is 3.44. The van der Waals surface area contributed by atoms with E-state index in [2.05, 4.69) is 5.32 Å². The van der Waals surface area contributed by atoms with Gasteiger partial charge < -0.3 is 5.32 Å². The first-order valence-corrected chi connectivity index (χ1v) is 6.65. The lowest BCUT2D eigenvalue weighted by atomic mass is 9.97. The SMILES string of the molecule is CNC(Cc1cccc(Cl)c1)c1cc(C)ccc1F. The van der Waals surface area contributed by atoms with E-state index in [4.69, 9.17) is 11.6 Å². The minimum atomic E-state index is -0.174. The molecule has 0 aliphatic rings. The van der Waals surface area contributed by atoms with E-state index < -0.39 is 0 Å². The van der Waals surface area contributed by atoms with Crippen LogP contribution in [0.2, 0.25) is 5.02 Å². The van der Waals surface area contributed by atoms with Gasteiger partial charge in [-0.05, 0) is 44.2 Å². The second-order valence-corrected chi connectivity index (χ2v) is 5.14. The quantitative estimate of drug-likeness (QED) is 0.879. The lowest BCUT2D eigenvalue weighted by Crippen LogP contribution is -2.20. The van der Waals surface area contributed by atoms with Crippen LogP contribution in [0.25, 0.3) is 0 Å². The summed E-state index contributed by atoms with van der Waals surface area (Å²) in [5.41, 5.74) is 2.85. The van der Waals surface area contributed by atoms with Crippen molar-refractivity contribution in [3.05, 3.63) is 70.0 Å². The van der Waals surface area contributed by atoms with Gasteiger partial charge in [-0.3, -0.25) is 0 Å². The van der Waals surface area contributed by atoms with Crippen LogP contribution in [0.3, 0.4) is 0 Å². The molecular weight excluding hydrogens is 261 g/mol. The van der Waals surface area contributed by atoms with E-state index in [0.717, 1.165) is 11.1 Å². The zero-order valence-electron chi connectivity index (χ0n) is 11.1. The first-order chi connectivity index (χ1) is 9.10. The summed E-state index contributed by atoms with van der Waals surface area (Å²) in [6, 6.07) is 12.8. The van der Waals surface area contributed by atoms with Gasteiger partial charge in [-0.15, -0.1) is 0 Å². The molecule has 1 unspecified atom stereocenters. The molecule has 0 aromatic heterocycles. The fourth-order valence-electron chi connectivity index (χ4n) is 2.20. The molecule has 3 heteroatoms. The van der Waals surface area contributed by atoms with E-state index in [1.54, 1.807) is 6.07 Å². The van der Waals surface area contributed by atoms with E-state index in [1.165, 1.54) is 6.07 Å². The van der Waals surface area contributed by atoms with Gasteiger partial charge in [0.25, 0.3) is 0 Å². The number of halogens is 2. The molecule has 2 rings (SSSR count). The van der Waals surface area contributed by atoms with Gasteiger partial charge in [0.1, 0.15) is 5.82 Å². The van der Waals surface area contributed by atoms with Crippen LogP contribution < -0.4 is 5.32 Å². The zero-order chi connectivity index (χ0) is 13.8. The highest BCUT2D eigenvalue weighted by Crippen LogP contribution is 2.23. The fraction of sp³-hybridized carbons (Fsp3) is 0.250. The Morgan fingerprint density at radius 2 is 2.00 bits per heavy atom. The largest absolute Gasteiger partial charge is 0.313 e. The minimum absolute atomic E-state index is 0.0571. The molecule has 1 atom stereocenters. The molecule has 1 nitrogen and oxygen atoms in total. The molecule has 19 heavy (non-hydrogen) atoms. The smallest absolute Gasteiger partial charge is 0.128 e. The van der Waals surface area contributed by atoms with Crippen LogP contribution in [0.15, 0.2) is 42.5 Å². The maximum Gasteiger partial charge on any atom is 0.128 e. The maximum absolute atomic E-state index is 13.9. The molecule has 0 aliphatic carbocycles. The van der Waals surface area contributed by atoms with Gasteiger partial charge >= 0.3 is 0 Å². The summed E-state index contributed by atoms with van der Waals surface area (Å²) in [5, 5.41) is 3.88. The van der Waals surface area contributed by atoms with Crippen LogP contribution in [0.5, 0.6) is 0 Å². The number of aryl methyl sites for hydroxylation is 1. The Bertz CT molecular complexity index is 568. The van der Waals surface area contributed by atoms with Gasteiger partial charge in [0.05, 0.1) is 0 Å². The van der Waals surface area contributed by atoms with Crippen molar-refractivity contribution in [1.82, 2.24) is 5.32 Å². The van der Waals surface area contributed by atoms with E-state index in [-0.39, 0.29) is 11.9 Å². The molecule has 0 bridgehead atoms. The summed E-state index contributed by atoms with van der Waals surface area (Å²) in [5.74, 6) is -0.174. The van der Waals surface area contributed by atoms with Crippen molar-refractivity contribution in [3.8, 4) is 0 Å². The monoisotopic (exact) mass is 277 g/mol. The summed E-state index contributed by atoms with van der Waals surface area (Å²) >= 11 is 5.98. The van der Waals surface area contributed by atoms with Crippen LogP contribution >= 0.6 is 11.6 Å². The predicted octanol–water partition coefficient (Wildman–Crippen LogP) is 4.29. The van der Waals surface area contributed by atoms with Gasteiger partial charge in [0.2, 0.25) is 0 Å². The molecule has 100 valence electrons. The molecule has 0 amide bonds. The summed E-state index contributed by atoms with van der Waals surface area (Å²) in [6.07, 6.45) is 0.706. The number of likely N-dealkylation sites (N-methyl/N-ethyl adjacent to an activating group) is 1. The molecule has 0 aliphatic heterocycles. The minimum Gasteiger partial charge on any atom is -0.313 e. The average molecular weight is 278 g/mol. The molecular formula is C16H17ClFN. The Balaban J connectivity index is 2.27. The number of nitrogens with one attached hydrogen (secondary N) is 1. The molecule has 2 aromatic carbocycles. The normalized spacial score (nSPS) is 12.4. The lowest BCUT2D eigenvalue weighted by Gasteiger charge is -2.18. The van der Waals surface area contributed by atoms with Crippen molar-refractivity contribution in [2.75, 3.05) is 7.05 Å². The highest BCUT2D eigenvalue weighted by molar-refractivity contribution is 6.30. The van der Waals surface area contributed by atoms with Crippen molar-refractivity contribution < 1.29 is 4.39 Å². The second kappa shape index (κ2) is 6.18. The van der Waals surface area contributed by atoms with Crippen molar-refractivity contribution in [2.24, 2.45) is 0 Å². The van der Waals surface area contributed by atoms with Crippen LogP contribution in [0.4, 0.5) is 4.39 Å². The lowest BCUT2D eigenvalue weighted by molar-refractivity contribution is 0.533. The molecule has 0 saturated heterocycles. The molecule has 2 aromatic rings. The van der Waals surface area contributed by atoms with Gasteiger partial charge in [0.15, 0.2) is 0 Å². The maximum atomic E-state index is 13.9. The van der Waals surface area contributed by atoms with Crippen LogP contribution in [-0.2, 0) is 6.42 Å². The van der Waals surface area contributed by atoms with Crippen LogP contribution in [0, 0.1) is 12.7 Å². The number of benzene rings is 2. The number of rotatable bonds is 4. The Morgan fingerprint density at radius 3 is 2.68 bits per heavy atom. The second-order valence-electron chi connectivity index (χ2n) is 4.70. The van der Waals surface area contributed by atoms with E-state index in [1.807, 2.05) is 44.3 Å². The summed E-state index contributed by atoms with van der Waals surface area (Å²) in [4.78, 5) is 0. The third-order valence-electron chi connectivity index (χ3n) is 3.20. The first kappa shape index (κ1) is 14.0. The Labute approximate surface area is 118 Å². The standard InChI is InChI=1S/C16H17ClFN/c1-11-6-7-15(18)14(8-11)16(19-2)10-12-4-3-5-13(17)9-12/h3-9,16,19H,10H2,1-2H3. The van der Waals surface area contributed by atoms with Crippen molar-refractivity contribution in [1.29, 1.82) is 0 Å². The summed E-state index contributed by atoms with van der Waals surface area (Å²) < 4.78 is 13.9. The van der Waals surface area contributed by atoms with E-state index >= 15 is 0 Å². The molecule has 0 saturated carbocycles. The van der Waals surface area contributed by atoms with Crippen molar-refractivity contribution in [2.45, 2.75) is 19.4 Å². The molecule has 0 spiro atoms. The highest BCUT2D eigenvalue weighted by Gasteiger charge is 2.14. The van der Waals surface area contributed by atoms with Crippen molar-refractivity contribution in [3.63, 3.8) is 0 Å². The molecule has 0 fully saturated rings. The van der Waals surface area contributed by atoms with Gasteiger partial charge in [-0.25, -0.2) is 4.39 Å². The van der Waals surface area contributed by atoms with Crippen molar-refractivity contribution >= 4 is 11.6 Å². The Hall–Kier alpha value is -1.38. The predicted molar refractivity (Wildman–Crippen MR) is 78.1 cm³/mol. The number of hydrogen-bond acceptors (Lipinski definition) is 1. The third kappa shape index (κ3) is 3.55. The number of hydrogen-bond donors (Lipinski definition) is 1.